The third-order valence-electron chi connectivity index (χ3n) is 13.9. The van der Waals surface area contributed by atoms with Crippen LogP contribution in [0.2, 0.25) is 0 Å². The number of rotatable bonds is 7. The molecule has 58 heavy (non-hydrogen) atoms. The lowest BCUT2D eigenvalue weighted by atomic mass is 9.74. The smallest absolute Gasteiger partial charge is 0.197 e. The molecule has 3 fully saturated rings. The quantitative estimate of drug-likeness (QED) is 0.218. The van der Waals surface area contributed by atoms with Gasteiger partial charge in [-0.05, 0) is 102 Å². The Balaban J connectivity index is 1.80. The fourth-order valence-corrected chi connectivity index (χ4v) is 10.2. The Labute approximate surface area is 350 Å². The lowest BCUT2D eigenvalue weighted by Gasteiger charge is -2.55. The Morgan fingerprint density at radius 1 is 0.966 bits per heavy atom. The van der Waals surface area contributed by atoms with E-state index in [9.17, 15) is 20.1 Å². The van der Waals surface area contributed by atoms with Crippen molar-refractivity contribution in [3.63, 3.8) is 0 Å². The van der Waals surface area contributed by atoms with Crippen molar-refractivity contribution in [3.8, 4) is 0 Å². The van der Waals surface area contributed by atoms with Crippen LogP contribution in [0.3, 0.4) is 0 Å². The lowest BCUT2D eigenvalue weighted by molar-refractivity contribution is -0.341. The molecule has 0 aromatic carbocycles. The van der Waals surface area contributed by atoms with Gasteiger partial charge in [-0.1, -0.05) is 64.3 Å². The minimum absolute atomic E-state index is 0.0389. The highest BCUT2D eigenvalue weighted by Gasteiger charge is 2.58. The number of ketones is 1. The zero-order valence-corrected chi connectivity index (χ0v) is 37.2. The Bertz CT molecular complexity index is 1520. The Morgan fingerprint density at radius 3 is 2.28 bits per heavy atom. The van der Waals surface area contributed by atoms with E-state index >= 15 is 0 Å². The van der Waals surface area contributed by atoms with E-state index in [0.717, 1.165) is 36.8 Å². The van der Waals surface area contributed by atoms with E-state index in [-0.39, 0.29) is 48.2 Å². The number of hydrogen-bond donors (Lipinski definition) is 3. The number of hydrogen-bond acceptors (Lipinski definition) is 10. The number of carbonyl (C=O) groups excluding carboxylic acids is 1. The van der Waals surface area contributed by atoms with E-state index in [4.69, 9.17) is 23.7 Å². The number of carbonyl (C=O) groups is 1. The van der Waals surface area contributed by atoms with Gasteiger partial charge in [0.2, 0.25) is 0 Å². The first-order valence-electron chi connectivity index (χ1n) is 21.7. The van der Waals surface area contributed by atoms with Gasteiger partial charge in [0.15, 0.2) is 5.79 Å². The van der Waals surface area contributed by atoms with Gasteiger partial charge in [0.1, 0.15) is 23.2 Å². The van der Waals surface area contributed by atoms with E-state index in [2.05, 4.69) is 44.2 Å². The lowest BCUT2D eigenvalue weighted by Crippen LogP contribution is -2.65. The number of Topliss-reactive ketones (excluding diaryl/α,β-unsaturated/α-hetero) is 1. The summed E-state index contributed by atoms with van der Waals surface area (Å²) >= 11 is 0. The second-order valence-corrected chi connectivity index (χ2v) is 18.3. The fourth-order valence-electron chi connectivity index (χ4n) is 10.2. The van der Waals surface area contributed by atoms with Crippen LogP contribution < -0.4 is 0 Å². The number of allylic oxidation sites excluding steroid dienone is 4. The van der Waals surface area contributed by atoms with Gasteiger partial charge in [-0.2, -0.15) is 0 Å². The molecule has 0 radical (unpaired) electrons. The summed E-state index contributed by atoms with van der Waals surface area (Å²) in [4.78, 5) is 16.2. The third-order valence-corrected chi connectivity index (χ3v) is 13.9. The highest BCUT2D eigenvalue weighted by atomic mass is 16.7. The van der Waals surface area contributed by atoms with Gasteiger partial charge < -0.3 is 43.9 Å². The van der Waals surface area contributed by atoms with Crippen LogP contribution in [0.1, 0.15) is 112 Å². The van der Waals surface area contributed by atoms with E-state index in [0.29, 0.717) is 62.1 Å². The molecule has 3 N–H and O–H groups in total. The SMILES string of the molecule is C=CC[C@@H]1/C=C(\C)C[C@H](C)C[C@H](OC)[C@@]2(C)O[C@@](O)(C(=C)C(=C)N3CCCCC3C(=C)O[C@H](/C(C)=C/[C@@H]3CC[C@@H](O)[C@H](OC)C3)[C@H](C)[C@@H](O)CC1=O)[C@H](C)C[C@@H]2OC. The molecule has 0 spiro atoms. The number of aliphatic hydroxyl groups is 3. The van der Waals surface area contributed by atoms with Crippen molar-refractivity contribution in [2.45, 2.75) is 166 Å². The normalized spacial score (nSPS) is 41.8. The van der Waals surface area contributed by atoms with Crippen molar-refractivity contribution in [2.24, 2.45) is 29.6 Å². The summed E-state index contributed by atoms with van der Waals surface area (Å²) in [6, 6.07) is -0.297. The monoisotopic (exact) mass is 812 g/mol. The summed E-state index contributed by atoms with van der Waals surface area (Å²) in [5.41, 5.74) is 1.87. The number of methoxy groups -OCH3 is 3. The van der Waals surface area contributed by atoms with Crippen molar-refractivity contribution in [1.29, 1.82) is 0 Å². The fraction of sp³-hybridized carbons (Fsp3) is 0.729. The molecule has 14 atom stereocenters. The summed E-state index contributed by atoms with van der Waals surface area (Å²) in [5, 5.41) is 35.0. The molecule has 10 heteroatoms. The molecular formula is C48H77NO9. The van der Waals surface area contributed by atoms with Gasteiger partial charge in [-0.3, -0.25) is 4.79 Å². The van der Waals surface area contributed by atoms with Crippen molar-refractivity contribution >= 4 is 5.78 Å². The minimum atomic E-state index is -1.77. The van der Waals surface area contributed by atoms with Crippen LogP contribution in [0.25, 0.3) is 0 Å². The second kappa shape index (κ2) is 20.8. The Morgan fingerprint density at radius 2 is 1.64 bits per heavy atom. The van der Waals surface area contributed by atoms with E-state index in [1.807, 2.05) is 40.7 Å². The third kappa shape index (κ3) is 10.8. The highest BCUT2D eigenvalue weighted by molar-refractivity contribution is 5.83. The topological polar surface area (TPSA) is 127 Å². The van der Waals surface area contributed by atoms with Crippen LogP contribution in [0.15, 0.2) is 72.7 Å². The van der Waals surface area contributed by atoms with Crippen LogP contribution in [0.4, 0.5) is 0 Å². The van der Waals surface area contributed by atoms with Gasteiger partial charge in [0.25, 0.3) is 0 Å². The molecule has 1 unspecified atom stereocenters. The summed E-state index contributed by atoms with van der Waals surface area (Å²) in [7, 11) is 4.97. The van der Waals surface area contributed by atoms with Crippen molar-refractivity contribution in [3.05, 3.63) is 72.7 Å². The summed E-state index contributed by atoms with van der Waals surface area (Å²) < 4.78 is 31.7. The standard InChI is InChI=1S/C48H77NO9/c1-14-17-38-23-29(2)22-30(3)24-44(55-12)47(10)45(56-13)26-32(5)48(53,58-47)34(7)35(8)49-21-16-15-18-39(49)36(9)57-46(33(6)41(51)28-42(38)52)31(4)25-37-19-20-40(50)43(27-37)54-11/h14,23,25,30,32-33,37-41,43-46,50-51,53H,1,7-9,15-22,24,26-28H2,2-6,10-13H3/b29-23+,31-25+/t30-,32+,33+,37-,38+,39?,40+,41-,43+,44-,45-,46+,47+,48+/m0/s1. The van der Waals surface area contributed by atoms with Crippen molar-refractivity contribution in [1.82, 2.24) is 4.90 Å². The molecule has 0 aromatic heterocycles. The number of ether oxygens (including phenoxy) is 5. The minimum Gasteiger partial charge on any atom is -0.488 e. The van der Waals surface area contributed by atoms with Gasteiger partial charge >= 0.3 is 0 Å². The molecule has 0 aromatic rings. The molecule has 2 saturated heterocycles. The number of fused-ring (bicyclic) bond motifs is 3. The Kier molecular flexibility index (Phi) is 17.3. The van der Waals surface area contributed by atoms with E-state index in [1.54, 1.807) is 27.4 Å². The first-order chi connectivity index (χ1) is 27.3. The maximum Gasteiger partial charge on any atom is 0.197 e. The maximum absolute atomic E-state index is 14.0. The van der Waals surface area contributed by atoms with E-state index < -0.39 is 47.6 Å². The Hall–Kier alpha value is -2.57. The molecular weight excluding hydrogens is 735 g/mol. The predicted octanol–water partition coefficient (Wildman–Crippen LogP) is 7.99. The van der Waals surface area contributed by atoms with Gasteiger partial charge in [0, 0.05) is 63.3 Å². The molecule has 328 valence electrons. The van der Waals surface area contributed by atoms with Crippen LogP contribution >= 0.6 is 0 Å². The summed E-state index contributed by atoms with van der Waals surface area (Å²) in [6.45, 7) is 30.1. The molecule has 2 bridgehead atoms. The van der Waals surface area contributed by atoms with Crippen LogP contribution in [-0.4, -0.2) is 108 Å². The molecule has 4 rings (SSSR count). The van der Waals surface area contributed by atoms with Gasteiger partial charge in [0.05, 0.1) is 36.6 Å². The predicted molar refractivity (Wildman–Crippen MR) is 230 cm³/mol. The van der Waals surface area contributed by atoms with Crippen LogP contribution in [-0.2, 0) is 28.5 Å². The average molecular weight is 812 g/mol. The number of nitrogens with zero attached hydrogens (tertiary/aromatic N) is 1. The van der Waals surface area contributed by atoms with Gasteiger partial charge in [-0.15, -0.1) is 6.58 Å². The maximum atomic E-state index is 14.0. The molecule has 3 heterocycles. The highest BCUT2D eigenvalue weighted by Crippen LogP contribution is 2.48. The molecule has 1 aliphatic carbocycles. The summed E-state index contributed by atoms with van der Waals surface area (Å²) in [5.74, 6) is -2.33. The zero-order valence-electron chi connectivity index (χ0n) is 37.2. The molecule has 1 saturated carbocycles. The number of aliphatic hydroxyl groups excluding tert-OH is 2. The average Bonchev–Trinajstić information content (AvgIpc) is 3.19. The molecule has 3 aliphatic heterocycles. The molecule has 4 aliphatic rings. The van der Waals surface area contributed by atoms with Crippen molar-refractivity contribution in [2.75, 3.05) is 27.9 Å². The largest absolute Gasteiger partial charge is 0.488 e. The number of piperidine rings is 1. The second-order valence-electron chi connectivity index (χ2n) is 18.3. The van der Waals surface area contributed by atoms with Crippen molar-refractivity contribution < 1.29 is 43.8 Å². The summed E-state index contributed by atoms with van der Waals surface area (Å²) in [6.07, 6.45) is 9.72. The van der Waals surface area contributed by atoms with Gasteiger partial charge in [-0.25, -0.2) is 0 Å². The van der Waals surface area contributed by atoms with Crippen LogP contribution in [0, 0.1) is 29.6 Å². The first kappa shape index (κ1) is 48.1. The van der Waals surface area contributed by atoms with Crippen LogP contribution in [0.5, 0.6) is 0 Å². The molecule has 10 nitrogen and oxygen atoms in total. The molecule has 0 amide bonds. The van der Waals surface area contributed by atoms with E-state index in [1.165, 1.54) is 0 Å². The zero-order chi connectivity index (χ0) is 43.1. The first-order valence-corrected chi connectivity index (χ1v) is 21.7.